The van der Waals surface area contributed by atoms with Crippen molar-refractivity contribution in [2.45, 2.75) is 13.8 Å². The first kappa shape index (κ1) is 20.0. The summed E-state index contributed by atoms with van der Waals surface area (Å²) in [6, 6.07) is 10.3. The molecule has 0 aliphatic carbocycles. The molecule has 0 spiro atoms. The topological polar surface area (TPSA) is 73.1 Å². The number of hydrogen-bond acceptors (Lipinski definition) is 5. The minimum Gasteiger partial charge on any atom is -0.494 e. The molecule has 0 saturated heterocycles. The van der Waals surface area contributed by atoms with Crippen LogP contribution in [0.3, 0.4) is 0 Å². The van der Waals surface area contributed by atoms with Crippen molar-refractivity contribution < 1.29 is 18.7 Å². The van der Waals surface area contributed by atoms with E-state index in [0.717, 1.165) is 5.39 Å². The van der Waals surface area contributed by atoms with Gasteiger partial charge in [-0.25, -0.2) is 5.43 Å². The van der Waals surface area contributed by atoms with Crippen LogP contribution in [-0.2, 0) is 0 Å². The minimum absolute atomic E-state index is 0.142. The van der Waals surface area contributed by atoms with Gasteiger partial charge >= 0.3 is 5.91 Å². The lowest BCUT2D eigenvalue weighted by Gasteiger charge is -2.08. The van der Waals surface area contributed by atoms with Gasteiger partial charge in [-0.3, -0.25) is 4.79 Å². The molecule has 0 bridgehead atoms. The Labute approximate surface area is 172 Å². The van der Waals surface area contributed by atoms with Gasteiger partial charge in [0.1, 0.15) is 11.3 Å². The largest absolute Gasteiger partial charge is 0.494 e. The quantitative estimate of drug-likeness (QED) is 0.415. The minimum atomic E-state index is -0.478. The number of nitrogens with zero attached hydrogens (tertiary/aromatic N) is 1. The molecule has 0 saturated carbocycles. The Morgan fingerprint density at radius 3 is 2.50 bits per heavy atom. The van der Waals surface area contributed by atoms with Crippen LogP contribution in [0.1, 0.15) is 30.0 Å². The highest BCUT2D eigenvalue weighted by Crippen LogP contribution is 2.33. The zero-order valence-corrected chi connectivity index (χ0v) is 16.8. The lowest BCUT2D eigenvalue weighted by molar-refractivity contribution is 0.0929. The predicted octanol–water partition coefficient (Wildman–Crippen LogP) is 5.30. The molecular formula is C20H18Cl2N2O4. The molecule has 0 unspecified atom stereocenters. The van der Waals surface area contributed by atoms with Crippen molar-refractivity contribution in [2.75, 3.05) is 13.2 Å². The number of carbonyl (C=O) groups excluding carboxylic acids is 1. The number of hydrazone groups is 1. The number of amides is 1. The molecule has 0 fully saturated rings. The zero-order valence-electron chi connectivity index (χ0n) is 15.3. The molecule has 1 aromatic heterocycles. The van der Waals surface area contributed by atoms with Crippen molar-refractivity contribution in [1.29, 1.82) is 0 Å². The fraction of sp³-hybridized carbons (Fsp3) is 0.200. The van der Waals surface area contributed by atoms with E-state index in [9.17, 15) is 4.79 Å². The molecule has 8 heteroatoms. The fourth-order valence-electron chi connectivity index (χ4n) is 2.55. The first-order valence-electron chi connectivity index (χ1n) is 8.63. The average Bonchev–Trinajstić information content (AvgIpc) is 3.08. The lowest BCUT2D eigenvalue weighted by Crippen LogP contribution is -2.16. The number of hydrogen-bond donors (Lipinski definition) is 1. The number of nitrogens with one attached hydrogen (secondary N) is 1. The highest BCUT2D eigenvalue weighted by Gasteiger charge is 2.13. The third kappa shape index (κ3) is 4.58. The van der Waals surface area contributed by atoms with E-state index < -0.39 is 5.91 Å². The maximum absolute atomic E-state index is 12.3. The summed E-state index contributed by atoms with van der Waals surface area (Å²) in [7, 11) is 0. The summed E-state index contributed by atoms with van der Waals surface area (Å²) in [4.78, 5) is 12.3. The van der Waals surface area contributed by atoms with Gasteiger partial charge in [-0.2, -0.15) is 5.10 Å². The van der Waals surface area contributed by atoms with Crippen LogP contribution in [0.25, 0.3) is 11.0 Å². The third-order valence-corrected chi connectivity index (χ3v) is 4.27. The number of benzene rings is 2. The zero-order chi connectivity index (χ0) is 20.1. The third-order valence-electron chi connectivity index (χ3n) is 3.71. The van der Waals surface area contributed by atoms with Crippen LogP contribution in [0, 0.1) is 0 Å². The van der Waals surface area contributed by atoms with Gasteiger partial charge in [0.2, 0.25) is 0 Å². The number of ether oxygens (including phenoxy) is 2. The lowest BCUT2D eigenvalue weighted by atomic mass is 10.2. The molecule has 0 aliphatic rings. The Morgan fingerprint density at radius 1 is 1.11 bits per heavy atom. The van der Waals surface area contributed by atoms with Gasteiger partial charge < -0.3 is 13.9 Å². The Morgan fingerprint density at radius 2 is 1.82 bits per heavy atom. The predicted molar refractivity (Wildman–Crippen MR) is 110 cm³/mol. The van der Waals surface area contributed by atoms with E-state index >= 15 is 0 Å². The van der Waals surface area contributed by atoms with Gasteiger partial charge in [-0.15, -0.1) is 0 Å². The molecule has 1 amide bonds. The van der Waals surface area contributed by atoms with Crippen molar-refractivity contribution in [3.63, 3.8) is 0 Å². The second kappa shape index (κ2) is 8.99. The van der Waals surface area contributed by atoms with E-state index in [1.807, 2.05) is 19.9 Å². The van der Waals surface area contributed by atoms with Crippen LogP contribution in [0.4, 0.5) is 0 Å². The van der Waals surface area contributed by atoms with Crippen LogP contribution in [0.15, 0.2) is 45.9 Å². The normalized spacial score (nSPS) is 11.1. The number of fused-ring (bicyclic) bond motifs is 1. The summed E-state index contributed by atoms with van der Waals surface area (Å²) in [6.45, 7) is 4.76. The van der Waals surface area contributed by atoms with Gasteiger partial charge in [0, 0.05) is 5.39 Å². The van der Waals surface area contributed by atoms with Crippen molar-refractivity contribution >= 4 is 46.3 Å². The van der Waals surface area contributed by atoms with Crippen molar-refractivity contribution in [2.24, 2.45) is 5.10 Å². The summed E-state index contributed by atoms with van der Waals surface area (Å²) in [6.07, 6.45) is 1.43. The van der Waals surface area contributed by atoms with Crippen LogP contribution in [-0.4, -0.2) is 25.3 Å². The van der Waals surface area contributed by atoms with Gasteiger partial charge in [-0.1, -0.05) is 23.2 Å². The average molecular weight is 421 g/mol. The van der Waals surface area contributed by atoms with Crippen molar-refractivity contribution in [1.82, 2.24) is 5.43 Å². The van der Waals surface area contributed by atoms with Crippen molar-refractivity contribution in [3.05, 3.63) is 57.8 Å². The number of carbonyl (C=O) groups is 1. The first-order valence-corrected chi connectivity index (χ1v) is 9.39. The highest BCUT2D eigenvalue weighted by molar-refractivity contribution is 6.37. The van der Waals surface area contributed by atoms with Crippen LogP contribution < -0.4 is 14.9 Å². The van der Waals surface area contributed by atoms with E-state index in [-0.39, 0.29) is 5.76 Å². The molecule has 1 heterocycles. The van der Waals surface area contributed by atoms with Gasteiger partial charge in [0.15, 0.2) is 11.5 Å². The molecule has 3 rings (SSSR count). The number of furan rings is 1. The Balaban J connectivity index is 1.70. The van der Waals surface area contributed by atoms with E-state index in [1.54, 1.807) is 30.3 Å². The van der Waals surface area contributed by atoms with Gasteiger partial charge in [0.05, 0.1) is 29.5 Å². The van der Waals surface area contributed by atoms with Crippen LogP contribution in [0.2, 0.25) is 10.0 Å². The van der Waals surface area contributed by atoms with E-state index in [1.165, 1.54) is 6.21 Å². The van der Waals surface area contributed by atoms with E-state index in [2.05, 4.69) is 10.5 Å². The second-order valence-corrected chi connectivity index (χ2v) is 6.50. The Hall–Kier alpha value is -2.70. The maximum Gasteiger partial charge on any atom is 0.307 e. The Bertz CT molecular complexity index is 1010. The Kier molecular flexibility index (Phi) is 6.44. The fourth-order valence-corrected chi connectivity index (χ4v) is 3.16. The molecule has 0 radical (unpaired) electrons. The van der Waals surface area contributed by atoms with Crippen LogP contribution in [0.5, 0.6) is 11.5 Å². The SMILES string of the molecule is CCOc1ccc2oc(C(=O)N/N=C/c3cc(Cl)c(OCC)c(Cl)c3)cc2c1. The molecule has 3 aromatic rings. The molecule has 2 aromatic carbocycles. The summed E-state index contributed by atoms with van der Waals surface area (Å²) in [5.74, 6) is 0.794. The molecule has 6 nitrogen and oxygen atoms in total. The summed E-state index contributed by atoms with van der Waals surface area (Å²) in [5.41, 5.74) is 3.62. The molecule has 0 atom stereocenters. The monoisotopic (exact) mass is 420 g/mol. The molecule has 146 valence electrons. The summed E-state index contributed by atoms with van der Waals surface area (Å²) in [5, 5.41) is 5.42. The van der Waals surface area contributed by atoms with Crippen molar-refractivity contribution in [3.8, 4) is 11.5 Å². The smallest absolute Gasteiger partial charge is 0.307 e. The second-order valence-electron chi connectivity index (χ2n) is 5.69. The standard InChI is InChI=1S/C20H18Cl2N2O4/c1-3-26-14-5-6-17-13(9-14)10-18(28-17)20(25)24-23-11-12-7-15(21)19(27-4-2)16(22)8-12/h5-11H,3-4H2,1-2H3,(H,24,25)/b23-11+. The van der Waals surface area contributed by atoms with Gasteiger partial charge in [0.25, 0.3) is 0 Å². The molecule has 1 N–H and O–H groups in total. The van der Waals surface area contributed by atoms with E-state index in [0.29, 0.717) is 45.9 Å². The first-order chi connectivity index (χ1) is 13.5. The molecule has 28 heavy (non-hydrogen) atoms. The molecule has 0 aliphatic heterocycles. The van der Waals surface area contributed by atoms with Gasteiger partial charge in [-0.05, 0) is 55.8 Å². The maximum atomic E-state index is 12.3. The molecular weight excluding hydrogens is 403 g/mol. The van der Waals surface area contributed by atoms with E-state index in [4.69, 9.17) is 37.1 Å². The summed E-state index contributed by atoms with van der Waals surface area (Å²) >= 11 is 12.3. The van der Waals surface area contributed by atoms with Crippen LogP contribution >= 0.6 is 23.2 Å². The summed E-state index contributed by atoms with van der Waals surface area (Å²) < 4.78 is 16.4. The number of rotatable bonds is 7. The highest BCUT2D eigenvalue weighted by atomic mass is 35.5. The number of halogens is 2.